The summed E-state index contributed by atoms with van der Waals surface area (Å²) in [6, 6.07) is 0. The molecule has 0 aromatic rings. The van der Waals surface area contributed by atoms with Gasteiger partial charge < -0.3 is 23.7 Å². The van der Waals surface area contributed by atoms with Crippen molar-refractivity contribution in [1.82, 2.24) is 0 Å². The second-order valence-electron chi connectivity index (χ2n) is 8.55. The van der Waals surface area contributed by atoms with Crippen molar-refractivity contribution in [3.63, 3.8) is 0 Å². The van der Waals surface area contributed by atoms with Crippen LogP contribution in [0.5, 0.6) is 0 Å². The molecule has 0 saturated carbocycles. The summed E-state index contributed by atoms with van der Waals surface area (Å²) in [6.07, 6.45) is -0.683. The number of nitrogens with zero attached hydrogens (tertiary/aromatic N) is 3. The molecule has 0 aliphatic heterocycles. The fourth-order valence-corrected chi connectivity index (χ4v) is 2.60. The lowest BCUT2D eigenvalue weighted by Crippen LogP contribution is -2.55. The number of rotatable bonds is 8. The van der Waals surface area contributed by atoms with Crippen molar-refractivity contribution in [2.24, 2.45) is 0 Å². The first-order chi connectivity index (χ1) is 8.20. The van der Waals surface area contributed by atoms with Crippen LogP contribution in [0, 0.1) is 0 Å². The summed E-state index contributed by atoms with van der Waals surface area (Å²) in [6.45, 7) is 2.80. The Labute approximate surface area is 119 Å². The highest BCUT2D eigenvalue weighted by Crippen LogP contribution is 2.07. The Hall–Kier alpha value is -0.200. The Kier molecular flexibility index (Phi) is 6.43. The molecule has 0 fully saturated rings. The van der Waals surface area contributed by atoms with E-state index in [0.29, 0.717) is 17.6 Å². The van der Waals surface area contributed by atoms with Gasteiger partial charge in [0.1, 0.15) is 26.2 Å². The molecule has 2 N–H and O–H groups in total. The van der Waals surface area contributed by atoms with E-state index in [0.717, 1.165) is 22.1 Å². The zero-order chi connectivity index (χ0) is 15.5. The monoisotopic (exact) mass is 278 g/mol. The van der Waals surface area contributed by atoms with Crippen LogP contribution in [-0.2, 0) is 0 Å². The standard InChI is InChI=1S/C14H36N3O2/c1-15(2,3)9-13(18)11-17(7,8)12-14(19)10-16(4,5)6/h13-14,18-19H,9-12H2,1-8H3/q+3. The maximum atomic E-state index is 10.1. The van der Waals surface area contributed by atoms with Gasteiger partial charge >= 0.3 is 0 Å². The Balaban J connectivity index is 4.31. The van der Waals surface area contributed by atoms with E-state index in [1.54, 1.807) is 0 Å². The van der Waals surface area contributed by atoms with Gasteiger partial charge in [-0.1, -0.05) is 0 Å². The van der Waals surface area contributed by atoms with E-state index >= 15 is 0 Å². The lowest BCUT2D eigenvalue weighted by molar-refractivity contribution is -0.917. The van der Waals surface area contributed by atoms with Crippen molar-refractivity contribution < 1.29 is 23.7 Å². The summed E-state index contributed by atoms with van der Waals surface area (Å²) in [4.78, 5) is 0. The van der Waals surface area contributed by atoms with E-state index < -0.39 is 0 Å². The van der Waals surface area contributed by atoms with Crippen LogP contribution in [0.2, 0.25) is 0 Å². The van der Waals surface area contributed by atoms with Crippen LogP contribution in [0.1, 0.15) is 0 Å². The molecule has 19 heavy (non-hydrogen) atoms. The molecule has 0 saturated heterocycles. The molecule has 0 radical (unpaired) electrons. The van der Waals surface area contributed by atoms with Crippen molar-refractivity contribution in [1.29, 1.82) is 0 Å². The zero-order valence-electron chi connectivity index (χ0n) is 14.2. The lowest BCUT2D eigenvalue weighted by atomic mass is 10.2. The highest BCUT2D eigenvalue weighted by Gasteiger charge is 2.29. The van der Waals surface area contributed by atoms with Crippen LogP contribution < -0.4 is 0 Å². The van der Waals surface area contributed by atoms with Crippen LogP contribution in [0.4, 0.5) is 0 Å². The van der Waals surface area contributed by atoms with Crippen molar-refractivity contribution in [2.75, 3.05) is 82.6 Å². The van der Waals surface area contributed by atoms with Crippen LogP contribution in [0.3, 0.4) is 0 Å². The first-order valence-corrected chi connectivity index (χ1v) is 6.99. The van der Waals surface area contributed by atoms with E-state index in [4.69, 9.17) is 0 Å². The third kappa shape index (κ3) is 11.3. The quantitative estimate of drug-likeness (QED) is 0.571. The van der Waals surface area contributed by atoms with Crippen LogP contribution in [-0.4, -0.2) is 118 Å². The number of hydrogen-bond acceptors (Lipinski definition) is 2. The smallest absolute Gasteiger partial charge is 0.152 e. The topological polar surface area (TPSA) is 40.5 Å². The van der Waals surface area contributed by atoms with Gasteiger partial charge in [-0.05, 0) is 0 Å². The molecule has 0 bridgehead atoms. The molecular formula is C14H36N3O2+3. The zero-order valence-corrected chi connectivity index (χ0v) is 14.2. The van der Waals surface area contributed by atoms with Gasteiger partial charge in [-0.15, -0.1) is 0 Å². The van der Waals surface area contributed by atoms with Gasteiger partial charge in [0.15, 0.2) is 12.2 Å². The number of quaternary nitrogens is 3. The second-order valence-corrected chi connectivity index (χ2v) is 8.55. The minimum atomic E-state index is -0.341. The number of aliphatic hydroxyl groups excluding tert-OH is 2. The highest BCUT2D eigenvalue weighted by molar-refractivity contribution is 4.56. The molecule has 0 aliphatic carbocycles. The van der Waals surface area contributed by atoms with E-state index in [9.17, 15) is 10.2 Å². The fraction of sp³-hybridized carbons (Fsp3) is 1.00. The molecule has 5 heteroatoms. The van der Waals surface area contributed by atoms with Gasteiger partial charge in [0.05, 0.1) is 56.4 Å². The summed E-state index contributed by atoms with van der Waals surface area (Å²) in [7, 11) is 16.6. The largest absolute Gasteiger partial charge is 0.382 e. The molecule has 5 nitrogen and oxygen atoms in total. The summed E-state index contributed by atoms with van der Waals surface area (Å²) in [5.74, 6) is 0. The molecule has 116 valence electrons. The number of hydrogen-bond donors (Lipinski definition) is 2. The second kappa shape index (κ2) is 6.50. The van der Waals surface area contributed by atoms with Gasteiger partial charge in [-0.25, -0.2) is 0 Å². The van der Waals surface area contributed by atoms with Crippen molar-refractivity contribution in [3.05, 3.63) is 0 Å². The van der Waals surface area contributed by atoms with Crippen molar-refractivity contribution in [2.45, 2.75) is 12.2 Å². The minimum Gasteiger partial charge on any atom is -0.382 e. The Morgan fingerprint density at radius 3 is 1.05 bits per heavy atom. The summed E-state index contributed by atoms with van der Waals surface area (Å²) >= 11 is 0. The third-order valence-corrected chi connectivity index (χ3v) is 2.93. The lowest BCUT2D eigenvalue weighted by Gasteiger charge is -2.36. The van der Waals surface area contributed by atoms with Crippen molar-refractivity contribution >= 4 is 0 Å². The van der Waals surface area contributed by atoms with Crippen LogP contribution in [0.25, 0.3) is 0 Å². The Morgan fingerprint density at radius 1 is 0.579 bits per heavy atom. The van der Waals surface area contributed by atoms with Crippen LogP contribution >= 0.6 is 0 Å². The van der Waals surface area contributed by atoms with E-state index in [1.165, 1.54) is 0 Å². The maximum Gasteiger partial charge on any atom is 0.152 e. The average Bonchev–Trinajstić information content (AvgIpc) is 1.89. The number of likely N-dealkylation sites (N-methyl/N-ethyl adjacent to an activating group) is 3. The maximum absolute atomic E-state index is 10.1. The predicted octanol–water partition coefficient (Wildman–Crippen LogP) is -0.803. The Morgan fingerprint density at radius 2 is 0.842 bits per heavy atom. The fourth-order valence-electron chi connectivity index (χ4n) is 2.60. The van der Waals surface area contributed by atoms with E-state index in [2.05, 4.69) is 56.4 Å². The molecule has 2 unspecified atom stereocenters. The van der Waals surface area contributed by atoms with Gasteiger partial charge in [0.2, 0.25) is 0 Å². The predicted molar refractivity (Wildman–Crippen MR) is 79.7 cm³/mol. The molecule has 0 rings (SSSR count). The molecule has 0 aromatic heterocycles. The SMILES string of the molecule is C[N+](C)(C)CC(O)C[N+](C)(C)CC(O)C[N+](C)(C)C. The number of aliphatic hydroxyl groups is 2. The molecule has 2 atom stereocenters. The van der Waals surface area contributed by atoms with E-state index in [1.807, 2.05) is 0 Å². The molecule has 0 aromatic carbocycles. The van der Waals surface area contributed by atoms with Gasteiger partial charge in [-0.2, -0.15) is 0 Å². The molecule has 0 spiro atoms. The van der Waals surface area contributed by atoms with Crippen molar-refractivity contribution in [3.8, 4) is 0 Å². The summed E-state index contributed by atoms with van der Waals surface area (Å²) in [5.41, 5.74) is 0. The minimum absolute atomic E-state index is 0.341. The van der Waals surface area contributed by atoms with Gasteiger partial charge in [0.25, 0.3) is 0 Å². The molecular weight excluding hydrogens is 242 g/mol. The summed E-state index contributed by atoms with van der Waals surface area (Å²) in [5, 5.41) is 20.3. The van der Waals surface area contributed by atoms with Gasteiger partial charge in [0, 0.05) is 0 Å². The molecule has 0 aliphatic rings. The van der Waals surface area contributed by atoms with Gasteiger partial charge in [-0.3, -0.25) is 0 Å². The van der Waals surface area contributed by atoms with Crippen LogP contribution in [0.15, 0.2) is 0 Å². The first kappa shape index (κ1) is 18.8. The molecule has 0 amide bonds. The molecule has 0 heterocycles. The normalized spacial score (nSPS) is 17.4. The third-order valence-electron chi connectivity index (χ3n) is 2.93. The summed E-state index contributed by atoms with van der Waals surface area (Å²) < 4.78 is 2.15. The average molecular weight is 278 g/mol. The Bertz CT molecular complexity index is 241. The van der Waals surface area contributed by atoms with E-state index in [-0.39, 0.29) is 12.2 Å². The first-order valence-electron chi connectivity index (χ1n) is 6.99. The highest BCUT2D eigenvalue weighted by atomic mass is 16.3.